The van der Waals surface area contributed by atoms with Crippen LogP contribution in [0.2, 0.25) is 0 Å². The third-order valence-electron chi connectivity index (χ3n) is 3.93. The topological polar surface area (TPSA) is 41.6 Å². The van der Waals surface area contributed by atoms with Crippen LogP contribution >= 0.6 is 0 Å². The molecule has 0 aromatic rings. The molecule has 3 aliphatic rings. The van der Waals surface area contributed by atoms with Gasteiger partial charge >= 0.3 is 6.09 Å². The van der Waals surface area contributed by atoms with Gasteiger partial charge in [0.25, 0.3) is 0 Å². The molecule has 0 radical (unpaired) electrons. The number of ether oxygens (including phenoxy) is 1. The summed E-state index contributed by atoms with van der Waals surface area (Å²) in [6.45, 7) is 3.56. The van der Waals surface area contributed by atoms with Crippen molar-refractivity contribution in [2.75, 3.05) is 26.2 Å². The lowest BCUT2D eigenvalue weighted by Gasteiger charge is -2.38. The zero-order valence-electron chi connectivity index (χ0n) is 9.00. The Morgan fingerprint density at radius 1 is 1.40 bits per heavy atom. The van der Waals surface area contributed by atoms with Crippen LogP contribution in [0, 0.1) is 5.92 Å². The number of hydrogen-bond acceptors (Lipinski definition) is 3. The number of nitrogens with zero attached hydrogens (tertiary/aromatic N) is 1. The van der Waals surface area contributed by atoms with E-state index in [9.17, 15) is 4.79 Å². The minimum Gasteiger partial charge on any atom is -0.447 e. The highest BCUT2D eigenvalue weighted by Gasteiger charge is 2.49. The van der Waals surface area contributed by atoms with Gasteiger partial charge in [-0.3, -0.25) is 4.90 Å². The van der Waals surface area contributed by atoms with E-state index in [4.69, 9.17) is 4.74 Å². The first-order valence-electron chi connectivity index (χ1n) is 5.95. The van der Waals surface area contributed by atoms with Gasteiger partial charge in [-0.2, -0.15) is 0 Å². The number of amides is 1. The van der Waals surface area contributed by atoms with E-state index in [1.54, 1.807) is 0 Å². The Labute approximate surface area is 90.0 Å². The number of nitrogens with one attached hydrogen (secondary N) is 1. The minimum atomic E-state index is -0.0798. The van der Waals surface area contributed by atoms with Gasteiger partial charge in [-0.05, 0) is 44.7 Å². The third-order valence-corrected chi connectivity index (χ3v) is 3.93. The number of carbonyl (C=O) groups is 1. The second kappa shape index (κ2) is 3.37. The summed E-state index contributed by atoms with van der Waals surface area (Å²) in [7, 11) is 0. The SMILES string of the molecule is O=C1OCC2(CCNCC2)N1CC1CC1. The fourth-order valence-corrected chi connectivity index (χ4v) is 2.68. The second-order valence-electron chi connectivity index (χ2n) is 5.08. The highest BCUT2D eigenvalue weighted by atomic mass is 16.6. The number of hydrogen-bond donors (Lipinski definition) is 1. The van der Waals surface area contributed by atoms with Gasteiger partial charge in [0, 0.05) is 6.54 Å². The van der Waals surface area contributed by atoms with Crippen LogP contribution in [0.3, 0.4) is 0 Å². The van der Waals surface area contributed by atoms with Crippen LogP contribution in [0.5, 0.6) is 0 Å². The van der Waals surface area contributed by atoms with Crippen LogP contribution in [0.25, 0.3) is 0 Å². The van der Waals surface area contributed by atoms with E-state index in [1.807, 2.05) is 4.90 Å². The summed E-state index contributed by atoms with van der Waals surface area (Å²) in [5, 5.41) is 3.35. The van der Waals surface area contributed by atoms with Gasteiger partial charge < -0.3 is 10.1 Å². The number of cyclic esters (lactones) is 1. The van der Waals surface area contributed by atoms with Crippen molar-refractivity contribution in [2.45, 2.75) is 31.2 Å². The van der Waals surface area contributed by atoms with E-state index < -0.39 is 0 Å². The Kier molecular flexibility index (Phi) is 2.12. The smallest absolute Gasteiger partial charge is 0.410 e. The maximum absolute atomic E-state index is 11.7. The normalized spacial score (nSPS) is 29.6. The summed E-state index contributed by atoms with van der Waals surface area (Å²) in [5.41, 5.74) is 0.0327. The van der Waals surface area contributed by atoms with E-state index in [0.717, 1.165) is 38.4 Å². The van der Waals surface area contributed by atoms with Crippen LogP contribution in [0.4, 0.5) is 4.79 Å². The van der Waals surface area contributed by atoms with E-state index in [2.05, 4.69) is 5.32 Å². The Morgan fingerprint density at radius 2 is 2.13 bits per heavy atom. The predicted octanol–water partition coefficient (Wildman–Crippen LogP) is 0.971. The Hall–Kier alpha value is -0.770. The average molecular weight is 210 g/mol. The molecule has 2 saturated heterocycles. The number of carbonyl (C=O) groups excluding carboxylic acids is 1. The van der Waals surface area contributed by atoms with E-state index in [-0.39, 0.29) is 11.6 Å². The maximum atomic E-state index is 11.7. The first-order valence-corrected chi connectivity index (χ1v) is 5.95. The summed E-state index contributed by atoms with van der Waals surface area (Å²) in [4.78, 5) is 13.7. The molecule has 0 unspecified atom stereocenters. The van der Waals surface area contributed by atoms with E-state index in [0.29, 0.717) is 6.61 Å². The molecule has 1 N–H and O–H groups in total. The largest absolute Gasteiger partial charge is 0.447 e. The van der Waals surface area contributed by atoms with Crippen molar-refractivity contribution in [3.05, 3.63) is 0 Å². The summed E-state index contributed by atoms with van der Waals surface area (Å²) in [5.74, 6) is 0.752. The minimum absolute atomic E-state index is 0.0327. The summed E-state index contributed by atoms with van der Waals surface area (Å²) in [6.07, 6.45) is 4.59. The molecule has 0 aromatic carbocycles. The van der Waals surface area contributed by atoms with E-state index >= 15 is 0 Å². The van der Waals surface area contributed by atoms with Gasteiger partial charge in [0.05, 0.1) is 5.54 Å². The summed E-state index contributed by atoms with van der Waals surface area (Å²) < 4.78 is 5.25. The Bertz CT molecular complexity index is 270. The molecule has 0 atom stereocenters. The van der Waals surface area contributed by atoms with Crippen LogP contribution in [-0.4, -0.2) is 42.8 Å². The van der Waals surface area contributed by atoms with Crippen LogP contribution in [0.1, 0.15) is 25.7 Å². The van der Waals surface area contributed by atoms with Crippen molar-refractivity contribution in [1.29, 1.82) is 0 Å². The van der Waals surface area contributed by atoms with Crippen molar-refractivity contribution in [1.82, 2.24) is 10.2 Å². The molecule has 84 valence electrons. The van der Waals surface area contributed by atoms with E-state index in [1.165, 1.54) is 12.8 Å². The van der Waals surface area contributed by atoms with Gasteiger partial charge in [0.1, 0.15) is 6.61 Å². The summed E-state index contributed by atoms with van der Waals surface area (Å²) in [6, 6.07) is 0. The predicted molar refractivity (Wildman–Crippen MR) is 55.6 cm³/mol. The molecule has 3 rings (SSSR count). The Balaban J connectivity index is 1.76. The number of rotatable bonds is 2. The van der Waals surface area contributed by atoms with Crippen LogP contribution in [-0.2, 0) is 4.74 Å². The average Bonchev–Trinajstić information content (AvgIpc) is 3.03. The lowest BCUT2D eigenvalue weighted by Crippen LogP contribution is -2.54. The van der Waals surface area contributed by atoms with Crippen molar-refractivity contribution in [3.8, 4) is 0 Å². The third kappa shape index (κ3) is 1.61. The molecule has 15 heavy (non-hydrogen) atoms. The molecule has 1 aliphatic carbocycles. The van der Waals surface area contributed by atoms with Crippen molar-refractivity contribution >= 4 is 6.09 Å². The zero-order valence-corrected chi connectivity index (χ0v) is 9.00. The lowest BCUT2D eigenvalue weighted by molar-refractivity contribution is 0.121. The molecule has 1 saturated carbocycles. The number of piperidine rings is 1. The highest BCUT2D eigenvalue weighted by molar-refractivity contribution is 5.71. The molecule has 2 heterocycles. The highest BCUT2D eigenvalue weighted by Crippen LogP contribution is 2.38. The van der Waals surface area contributed by atoms with Gasteiger partial charge in [-0.1, -0.05) is 0 Å². The molecule has 2 aliphatic heterocycles. The van der Waals surface area contributed by atoms with Gasteiger partial charge in [-0.25, -0.2) is 4.79 Å². The van der Waals surface area contributed by atoms with Gasteiger partial charge in [0.2, 0.25) is 0 Å². The molecule has 0 aromatic heterocycles. The lowest BCUT2D eigenvalue weighted by atomic mass is 9.88. The molecule has 4 nitrogen and oxygen atoms in total. The molecular weight excluding hydrogens is 192 g/mol. The molecule has 3 fully saturated rings. The van der Waals surface area contributed by atoms with Crippen LogP contribution < -0.4 is 5.32 Å². The van der Waals surface area contributed by atoms with Crippen molar-refractivity contribution in [2.24, 2.45) is 5.92 Å². The fraction of sp³-hybridized carbons (Fsp3) is 0.909. The Morgan fingerprint density at radius 3 is 2.80 bits per heavy atom. The maximum Gasteiger partial charge on any atom is 0.410 e. The molecule has 4 heteroatoms. The molecule has 1 spiro atoms. The summed E-state index contributed by atoms with van der Waals surface area (Å²) >= 11 is 0. The standard InChI is InChI=1S/C11H18N2O2/c14-10-13(7-9-1-2-9)11(8-15-10)3-5-12-6-4-11/h9,12H,1-8H2. The van der Waals surface area contributed by atoms with Crippen LogP contribution in [0.15, 0.2) is 0 Å². The fourth-order valence-electron chi connectivity index (χ4n) is 2.68. The monoisotopic (exact) mass is 210 g/mol. The molecule has 0 bridgehead atoms. The van der Waals surface area contributed by atoms with Crippen molar-refractivity contribution < 1.29 is 9.53 Å². The molecule has 1 amide bonds. The first kappa shape index (κ1) is 9.46. The van der Waals surface area contributed by atoms with Gasteiger partial charge in [-0.15, -0.1) is 0 Å². The second-order valence-corrected chi connectivity index (χ2v) is 5.08. The molecular formula is C11H18N2O2. The zero-order chi connectivity index (χ0) is 10.3. The quantitative estimate of drug-likeness (QED) is 0.738. The van der Waals surface area contributed by atoms with Crippen molar-refractivity contribution in [3.63, 3.8) is 0 Å². The first-order chi connectivity index (χ1) is 7.30. The van der Waals surface area contributed by atoms with Gasteiger partial charge in [0.15, 0.2) is 0 Å².